The Morgan fingerprint density at radius 2 is 2.17 bits per heavy atom. The number of fused-ring (bicyclic) bond motifs is 1. The third-order valence-corrected chi connectivity index (χ3v) is 3.14. The zero-order valence-electron chi connectivity index (χ0n) is 10.2. The molecule has 0 atom stereocenters. The molecule has 2 aromatic rings. The van der Waals surface area contributed by atoms with Gasteiger partial charge in [-0.3, -0.25) is 4.98 Å². The van der Waals surface area contributed by atoms with Crippen molar-refractivity contribution in [2.24, 2.45) is 0 Å². The van der Waals surface area contributed by atoms with Crippen molar-refractivity contribution in [3.63, 3.8) is 0 Å². The molecule has 0 unspecified atom stereocenters. The molecule has 92 valence electrons. The van der Waals surface area contributed by atoms with Crippen LogP contribution < -0.4 is 10.2 Å². The second kappa shape index (κ2) is 5.14. The summed E-state index contributed by atoms with van der Waals surface area (Å²) in [6, 6.07) is 8.21. The van der Waals surface area contributed by atoms with E-state index in [9.17, 15) is 0 Å². The highest BCUT2D eigenvalue weighted by Gasteiger charge is 2.15. The van der Waals surface area contributed by atoms with Crippen molar-refractivity contribution in [1.82, 2.24) is 15.3 Å². The fourth-order valence-corrected chi connectivity index (χ4v) is 2.26. The largest absolute Gasteiger partial charge is 0.351 e. The second-order valence-corrected chi connectivity index (χ2v) is 4.45. The lowest BCUT2D eigenvalue weighted by molar-refractivity contribution is 0.686. The van der Waals surface area contributed by atoms with Crippen LogP contribution in [0.5, 0.6) is 0 Å². The Bertz CT molecular complexity index is 512. The first-order valence-corrected chi connectivity index (χ1v) is 6.22. The third-order valence-electron chi connectivity index (χ3n) is 3.14. The van der Waals surface area contributed by atoms with E-state index >= 15 is 0 Å². The minimum Gasteiger partial charge on any atom is -0.351 e. The first-order chi connectivity index (χ1) is 8.93. The van der Waals surface area contributed by atoms with Gasteiger partial charge in [-0.05, 0) is 17.7 Å². The Morgan fingerprint density at radius 3 is 3.06 bits per heavy atom. The summed E-state index contributed by atoms with van der Waals surface area (Å²) in [4.78, 5) is 11.0. The van der Waals surface area contributed by atoms with Crippen LogP contribution in [0.4, 0.5) is 5.82 Å². The molecule has 1 N–H and O–H groups in total. The van der Waals surface area contributed by atoms with Crippen molar-refractivity contribution in [1.29, 1.82) is 0 Å². The topological polar surface area (TPSA) is 41.1 Å². The Hall–Kier alpha value is -1.94. The van der Waals surface area contributed by atoms with Crippen LogP contribution in [0.2, 0.25) is 0 Å². The van der Waals surface area contributed by atoms with Gasteiger partial charge in [0, 0.05) is 50.3 Å². The van der Waals surface area contributed by atoms with E-state index in [0.29, 0.717) is 0 Å². The average molecular weight is 240 g/mol. The summed E-state index contributed by atoms with van der Waals surface area (Å²) in [7, 11) is 0. The molecular formula is C14H16N4. The van der Waals surface area contributed by atoms with Gasteiger partial charge in [0.2, 0.25) is 0 Å². The highest BCUT2D eigenvalue weighted by atomic mass is 15.2. The number of nitrogens with one attached hydrogen (secondary N) is 1. The molecule has 0 amide bonds. The Balaban J connectivity index is 1.88. The van der Waals surface area contributed by atoms with Gasteiger partial charge in [-0.2, -0.15) is 0 Å². The van der Waals surface area contributed by atoms with E-state index in [4.69, 9.17) is 0 Å². The quantitative estimate of drug-likeness (QED) is 0.865. The first kappa shape index (κ1) is 11.2. The number of anilines is 1. The predicted octanol–water partition coefficient (Wildman–Crippen LogP) is 1.59. The van der Waals surface area contributed by atoms with Gasteiger partial charge in [0.25, 0.3) is 0 Å². The van der Waals surface area contributed by atoms with Crippen LogP contribution in [0, 0.1) is 0 Å². The smallest absolute Gasteiger partial charge is 0.133 e. The lowest BCUT2D eigenvalue weighted by Crippen LogP contribution is -2.28. The third kappa shape index (κ3) is 2.33. The molecule has 4 nitrogen and oxygen atoms in total. The summed E-state index contributed by atoms with van der Waals surface area (Å²) in [6.07, 6.45) is 5.58. The minimum atomic E-state index is 0.861. The van der Waals surface area contributed by atoms with Crippen molar-refractivity contribution in [2.45, 2.75) is 13.1 Å². The summed E-state index contributed by atoms with van der Waals surface area (Å²) in [5.41, 5.74) is 2.48. The summed E-state index contributed by atoms with van der Waals surface area (Å²) < 4.78 is 0. The number of nitrogens with zero attached hydrogens (tertiary/aromatic N) is 3. The van der Waals surface area contributed by atoms with Crippen molar-refractivity contribution >= 4 is 5.82 Å². The molecule has 0 radical (unpaired) electrons. The van der Waals surface area contributed by atoms with Gasteiger partial charge in [-0.15, -0.1) is 0 Å². The van der Waals surface area contributed by atoms with E-state index in [0.717, 1.165) is 32.0 Å². The van der Waals surface area contributed by atoms with E-state index in [1.54, 1.807) is 6.20 Å². The van der Waals surface area contributed by atoms with Crippen LogP contribution in [0.3, 0.4) is 0 Å². The van der Waals surface area contributed by atoms with Crippen molar-refractivity contribution in [3.8, 4) is 0 Å². The molecule has 0 saturated heterocycles. The summed E-state index contributed by atoms with van der Waals surface area (Å²) in [5.74, 6) is 1.09. The first-order valence-electron chi connectivity index (χ1n) is 6.22. The minimum absolute atomic E-state index is 0.861. The normalized spacial score (nSPS) is 15.0. The molecule has 0 spiro atoms. The molecule has 18 heavy (non-hydrogen) atoms. The van der Waals surface area contributed by atoms with Gasteiger partial charge in [0.1, 0.15) is 5.82 Å². The maximum atomic E-state index is 4.52. The molecule has 0 aliphatic carbocycles. The van der Waals surface area contributed by atoms with Gasteiger partial charge in [-0.25, -0.2) is 4.98 Å². The van der Waals surface area contributed by atoms with E-state index in [1.165, 1.54) is 11.1 Å². The predicted molar refractivity (Wildman–Crippen MR) is 71.2 cm³/mol. The van der Waals surface area contributed by atoms with Gasteiger partial charge in [0.15, 0.2) is 0 Å². The second-order valence-electron chi connectivity index (χ2n) is 4.45. The number of rotatable bonds is 2. The van der Waals surface area contributed by atoms with Crippen molar-refractivity contribution in [2.75, 3.05) is 18.0 Å². The standard InChI is InChI=1S/C14H16N4/c1-3-12(9-15-5-1)11-18-8-7-16-10-13-4-2-6-17-14(13)18/h1-6,9,16H,7-8,10-11H2. The molecule has 4 heteroatoms. The van der Waals surface area contributed by atoms with Gasteiger partial charge in [0.05, 0.1) is 0 Å². The molecule has 0 saturated carbocycles. The van der Waals surface area contributed by atoms with E-state index in [1.807, 2.05) is 24.5 Å². The fourth-order valence-electron chi connectivity index (χ4n) is 2.26. The van der Waals surface area contributed by atoms with Crippen LogP contribution in [-0.2, 0) is 13.1 Å². The molecule has 3 rings (SSSR count). The summed E-state index contributed by atoms with van der Waals surface area (Å²) >= 11 is 0. The Labute approximate surface area is 107 Å². The molecule has 1 aliphatic rings. The lowest BCUT2D eigenvalue weighted by Gasteiger charge is -2.23. The number of aromatic nitrogens is 2. The van der Waals surface area contributed by atoms with Crippen molar-refractivity contribution in [3.05, 3.63) is 54.0 Å². The van der Waals surface area contributed by atoms with Crippen LogP contribution in [-0.4, -0.2) is 23.1 Å². The van der Waals surface area contributed by atoms with E-state index in [2.05, 4.69) is 32.3 Å². The number of pyridine rings is 2. The molecule has 0 fully saturated rings. The van der Waals surface area contributed by atoms with E-state index < -0.39 is 0 Å². The van der Waals surface area contributed by atoms with Crippen LogP contribution in [0.25, 0.3) is 0 Å². The van der Waals surface area contributed by atoms with Gasteiger partial charge < -0.3 is 10.2 Å². The summed E-state index contributed by atoms with van der Waals surface area (Å²) in [5, 5.41) is 3.42. The highest BCUT2D eigenvalue weighted by Crippen LogP contribution is 2.20. The zero-order valence-corrected chi connectivity index (χ0v) is 10.2. The number of hydrogen-bond donors (Lipinski definition) is 1. The van der Waals surface area contributed by atoms with Crippen LogP contribution >= 0.6 is 0 Å². The molecule has 0 aromatic carbocycles. The molecule has 1 aliphatic heterocycles. The lowest BCUT2D eigenvalue weighted by atomic mass is 10.2. The van der Waals surface area contributed by atoms with E-state index in [-0.39, 0.29) is 0 Å². The Kier molecular flexibility index (Phi) is 3.19. The fraction of sp³-hybridized carbons (Fsp3) is 0.286. The zero-order chi connectivity index (χ0) is 12.2. The monoisotopic (exact) mass is 240 g/mol. The van der Waals surface area contributed by atoms with Crippen LogP contribution in [0.15, 0.2) is 42.9 Å². The maximum absolute atomic E-state index is 4.52. The van der Waals surface area contributed by atoms with Crippen LogP contribution in [0.1, 0.15) is 11.1 Å². The Morgan fingerprint density at radius 1 is 1.22 bits per heavy atom. The molecule has 2 aromatic heterocycles. The van der Waals surface area contributed by atoms with Crippen molar-refractivity contribution < 1.29 is 0 Å². The SMILES string of the molecule is c1cncc(CN2CCNCc3cccnc32)c1. The summed E-state index contributed by atoms with van der Waals surface area (Å²) in [6.45, 7) is 3.71. The van der Waals surface area contributed by atoms with Gasteiger partial charge >= 0.3 is 0 Å². The number of hydrogen-bond acceptors (Lipinski definition) is 4. The molecular weight excluding hydrogens is 224 g/mol. The average Bonchev–Trinajstić information content (AvgIpc) is 2.63. The van der Waals surface area contributed by atoms with Gasteiger partial charge in [-0.1, -0.05) is 12.1 Å². The maximum Gasteiger partial charge on any atom is 0.133 e. The highest BCUT2D eigenvalue weighted by molar-refractivity contribution is 5.48. The molecule has 3 heterocycles. The molecule has 0 bridgehead atoms.